The molecule has 0 saturated carbocycles. The molecule has 19 heavy (non-hydrogen) atoms. The molecule has 0 aliphatic rings. The number of hydrogen-bond acceptors (Lipinski definition) is 3. The highest BCUT2D eigenvalue weighted by Crippen LogP contribution is 2.16. The molecule has 6 heteroatoms. The zero-order valence-corrected chi connectivity index (χ0v) is 12.1. The third-order valence-corrected chi connectivity index (χ3v) is 3.86. The zero-order valence-electron chi connectivity index (χ0n) is 10.6. The molecular weight excluding hydrogens is 286 g/mol. The van der Waals surface area contributed by atoms with E-state index < -0.39 is 21.0 Å². The minimum absolute atomic E-state index is 0.0777. The Labute approximate surface area is 117 Å². The summed E-state index contributed by atoms with van der Waals surface area (Å²) in [5.74, 6) is 2.12. The van der Waals surface area contributed by atoms with Crippen LogP contribution in [0.1, 0.15) is 24.2 Å². The summed E-state index contributed by atoms with van der Waals surface area (Å²) < 4.78 is 22.4. The summed E-state index contributed by atoms with van der Waals surface area (Å²) in [7, 11) is 1.37. The number of amides is 1. The van der Waals surface area contributed by atoms with Crippen LogP contribution in [0, 0.1) is 18.3 Å². The SMILES string of the molecule is C#CC(NC(=O)c1cccc(S(=O)(=O)Cl)c1)C(C)C. The van der Waals surface area contributed by atoms with E-state index in [0.29, 0.717) is 0 Å². The first-order valence-electron chi connectivity index (χ1n) is 5.57. The second-order valence-corrected chi connectivity index (χ2v) is 6.89. The van der Waals surface area contributed by atoms with Crippen LogP contribution in [0.5, 0.6) is 0 Å². The van der Waals surface area contributed by atoms with Gasteiger partial charge in [0.15, 0.2) is 0 Å². The van der Waals surface area contributed by atoms with Gasteiger partial charge in [-0.25, -0.2) is 8.42 Å². The fourth-order valence-electron chi connectivity index (χ4n) is 1.41. The highest BCUT2D eigenvalue weighted by Gasteiger charge is 2.17. The van der Waals surface area contributed by atoms with Crippen molar-refractivity contribution in [1.29, 1.82) is 0 Å². The maximum absolute atomic E-state index is 12.0. The van der Waals surface area contributed by atoms with E-state index in [-0.39, 0.29) is 16.4 Å². The quantitative estimate of drug-likeness (QED) is 0.683. The van der Waals surface area contributed by atoms with Gasteiger partial charge in [0.1, 0.15) is 0 Å². The summed E-state index contributed by atoms with van der Waals surface area (Å²) in [5, 5.41) is 2.65. The average molecular weight is 300 g/mol. The van der Waals surface area contributed by atoms with Gasteiger partial charge in [-0.1, -0.05) is 25.8 Å². The molecule has 0 saturated heterocycles. The fraction of sp³-hybridized carbons (Fsp3) is 0.308. The van der Waals surface area contributed by atoms with Gasteiger partial charge >= 0.3 is 0 Å². The molecule has 1 aromatic carbocycles. The standard InChI is InChI=1S/C13H14ClNO3S/c1-4-12(9(2)3)15-13(16)10-6-5-7-11(8-10)19(14,17)18/h1,5-9,12H,2-3H3,(H,15,16). The molecule has 1 unspecified atom stereocenters. The highest BCUT2D eigenvalue weighted by atomic mass is 35.7. The molecule has 1 rings (SSSR count). The summed E-state index contributed by atoms with van der Waals surface area (Å²) >= 11 is 0. The van der Waals surface area contributed by atoms with E-state index in [1.807, 2.05) is 13.8 Å². The Morgan fingerprint density at radius 2 is 2.05 bits per heavy atom. The van der Waals surface area contributed by atoms with Gasteiger partial charge in [-0.05, 0) is 24.1 Å². The van der Waals surface area contributed by atoms with Crippen LogP contribution in [0.4, 0.5) is 0 Å². The Morgan fingerprint density at radius 1 is 1.42 bits per heavy atom. The number of rotatable bonds is 4. The summed E-state index contributed by atoms with van der Waals surface area (Å²) in [6, 6.07) is 5.06. The average Bonchev–Trinajstić information content (AvgIpc) is 2.34. The van der Waals surface area contributed by atoms with Crippen molar-refractivity contribution < 1.29 is 13.2 Å². The minimum atomic E-state index is -3.86. The summed E-state index contributed by atoms with van der Waals surface area (Å²) in [4.78, 5) is 11.8. The topological polar surface area (TPSA) is 63.2 Å². The van der Waals surface area contributed by atoms with E-state index in [4.69, 9.17) is 17.1 Å². The molecule has 1 aromatic rings. The first-order chi connectivity index (χ1) is 8.75. The van der Waals surface area contributed by atoms with Gasteiger partial charge < -0.3 is 5.32 Å². The molecule has 1 amide bonds. The Morgan fingerprint density at radius 3 is 2.53 bits per heavy atom. The molecule has 0 spiro atoms. The van der Waals surface area contributed by atoms with Crippen molar-refractivity contribution in [1.82, 2.24) is 5.32 Å². The van der Waals surface area contributed by atoms with Crippen LogP contribution in [0.3, 0.4) is 0 Å². The number of benzene rings is 1. The molecule has 0 heterocycles. The van der Waals surface area contributed by atoms with E-state index in [0.717, 1.165) is 0 Å². The van der Waals surface area contributed by atoms with Gasteiger partial charge in [-0.15, -0.1) is 6.42 Å². The van der Waals surface area contributed by atoms with Crippen molar-refractivity contribution in [2.24, 2.45) is 5.92 Å². The lowest BCUT2D eigenvalue weighted by Gasteiger charge is -2.16. The Bertz CT molecular complexity index is 617. The zero-order chi connectivity index (χ0) is 14.6. The van der Waals surface area contributed by atoms with E-state index in [2.05, 4.69) is 11.2 Å². The van der Waals surface area contributed by atoms with Gasteiger partial charge in [-0.3, -0.25) is 4.79 Å². The first kappa shape index (κ1) is 15.5. The Hall–Kier alpha value is -1.51. The first-order valence-corrected chi connectivity index (χ1v) is 7.88. The largest absolute Gasteiger partial charge is 0.338 e. The molecule has 4 nitrogen and oxygen atoms in total. The van der Waals surface area contributed by atoms with Gasteiger partial charge in [0, 0.05) is 16.2 Å². The van der Waals surface area contributed by atoms with Crippen molar-refractivity contribution in [2.45, 2.75) is 24.8 Å². The van der Waals surface area contributed by atoms with E-state index >= 15 is 0 Å². The van der Waals surface area contributed by atoms with Crippen LogP contribution in [-0.2, 0) is 9.05 Å². The molecule has 0 bridgehead atoms. The van der Waals surface area contributed by atoms with Crippen LogP contribution in [0.25, 0.3) is 0 Å². The highest BCUT2D eigenvalue weighted by molar-refractivity contribution is 8.13. The van der Waals surface area contributed by atoms with Crippen molar-refractivity contribution >= 4 is 25.6 Å². The van der Waals surface area contributed by atoms with Crippen LogP contribution in [-0.4, -0.2) is 20.4 Å². The smallest absolute Gasteiger partial charge is 0.261 e. The lowest BCUT2D eigenvalue weighted by molar-refractivity contribution is 0.0938. The van der Waals surface area contributed by atoms with Crippen molar-refractivity contribution in [3.63, 3.8) is 0 Å². The Balaban J connectivity index is 2.99. The lowest BCUT2D eigenvalue weighted by Crippen LogP contribution is -2.37. The maximum atomic E-state index is 12.0. The number of hydrogen-bond donors (Lipinski definition) is 1. The lowest BCUT2D eigenvalue weighted by atomic mass is 10.0. The summed E-state index contributed by atoms with van der Waals surface area (Å²) in [5.41, 5.74) is 0.197. The van der Waals surface area contributed by atoms with Crippen molar-refractivity contribution in [3.05, 3.63) is 29.8 Å². The van der Waals surface area contributed by atoms with Crippen LogP contribution in [0.2, 0.25) is 0 Å². The van der Waals surface area contributed by atoms with E-state index in [1.165, 1.54) is 24.3 Å². The minimum Gasteiger partial charge on any atom is -0.338 e. The van der Waals surface area contributed by atoms with Gasteiger partial charge in [-0.2, -0.15) is 0 Å². The molecular formula is C13H14ClNO3S. The number of halogens is 1. The third-order valence-electron chi connectivity index (χ3n) is 2.51. The summed E-state index contributed by atoms with van der Waals surface area (Å²) in [6.45, 7) is 3.76. The molecule has 1 atom stereocenters. The van der Waals surface area contributed by atoms with Crippen molar-refractivity contribution in [2.75, 3.05) is 0 Å². The third kappa shape index (κ3) is 4.27. The van der Waals surface area contributed by atoms with Gasteiger partial charge in [0.05, 0.1) is 10.9 Å². The molecule has 1 N–H and O–H groups in total. The number of carbonyl (C=O) groups is 1. The molecule has 0 aliphatic heterocycles. The fourth-order valence-corrected chi connectivity index (χ4v) is 2.21. The predicted molar refractivity (Wildman–Crippen MR) is 74.4 cm³/mol. The van der Waals surface area contributed by atoms with E-state index in [1.54, 1.807) is 0 Å². The predicted octanol–water partition coefficient (Wildman–Crippen LogP) is 2.00. The number of terminal acetylenes is 1. The number of nitrogens with one attached hydrogen (secondary N) is 1. The molecule has 0 aromatic heterocycles. The molecule has 0 radical (unpaired) electrons. The summed E-state index contributed by atoms with van der Waals surface area (Å²) in [6.07, 6.45) is 5.32. The number of carbonyl (C=O) groups excluding carboxylic acids is 1. The van der Waals surface area contributed by atoms with E-state index in [9.17, 15) is 13.2 Å². The Kier molecular flexibility index (Phi) is 4.98. The van der Waals surface area contributed by atoms with Crippen LogP contribution < -0.4 is 5.32 Å². The molecule has 0 fully saturated rings. The van der Waals surface area contributed by atoms with Crippen LogP contribution >= 0.6 is 10.7 Å². The van der Waals surface area contributed by atoms with Gasteiger partial charge in [0.2, 0.25) is 0 Å². The molecule has 0 aliphatic carbocycles. The maximum Gasteiger partial charge on any atom is 0.261 e. The molecule has 102 valence electrons. The second-order valence-electron chi connectivity index (χ2n) is 4.33. The monoisotopic (exact) mass is 299 g/mol. The van der Waals surface area contributed by atoms with Gasteiger partial charge in [0.25, 0.3) is 15.0 Å². The normalized spacial score (nSPS) is 12.8. The second kappa shape index (κ2) is 6.09. The van der Waals surface area contributed by atoms with Crippen molar-refractivity contribution in [3.8, 4) is 12.3 Å². The van der Waals surface area contributed by atoms with Crippen LogP contribution in [0.15, 0.2) is 29.2 Å².